The zero-order chi connectivity index (χ0) is 16.0. The number of carbonyl (C=O) groups excluding carboxylic acids is 1. The summed E-state index contributed by atoms with van der Waals surface area (Å²) in [7, 11) is 0. The highest BCUT2D eigenvalue weighted by Crippen LogP contribution is 2.41. The topological polar surface area (TPSA) is 78.1 Å². The van der Waals surface area contributed by atoms with Gasteiger partial charge in [0.1, 0.15) is 16.4 Å². The predicted molar refractivity (Wildman–Crippen MR) is 89.2 cm³/mol. The second-order valence-electron chi connectivity index (χ2n) is 5.58. The fraction of sp³-hybridized carbons (Fsp3) is 0.235. The molecule has 1 amide bonds. The van der Waals surface area contributed by atoms with Crippen LogP contribution in [0.2, 0.25) is 0 Å². The lowest BCUT2D eigenvalue weighted by Crippen LogP contribution is -2.12. The highest BCUT2D eigenvalue weighted by molar-refractivity contribution is 7.19. The Morgan fingerprint density at radius 2 is 2.09 bits per heavy atom. The number of fused-ring (bicyclic) bond motifs is 3. The third kappa shape index (κ3) is 2.35. The number of hydrogen-bond acceptors (Lipinski definition) is 5. The fourth-order valence-electron chi connectivity index (χ4n) is 3.00. The van der Waals surface area contributed by atoms with Crippen LogP contribution in [0.3, 0.4) is 0 Å². The Hall–Kier alpha value is -2.47. The molecule has 1 aromatic carbocycles. The van der Waals surface area contributed by atoms with Gasteiger partial charge in [-0.2, -0.15) is 4.98 Å². The summed E-state index contributed by atoms with van der Waals surface area (Å²) >= 11 is 1.71. The summed E-state index contributed by atoms with van der Waals surface area (Å²) in [5.41, 5.74) is 7.07. The molecule has 1 aliphatic carbocycles. The molecule has 0 saturated heterocycles. The standard InChI is InChI=1S/C17H15N3O2S/c1-9-19-16(22-12-7-3-2-5-10(12)15(18)21)14-11-6-4-8-13(11)23-17(14)20-9/h2-3,5,7H,4,6,8H2,1H3,(H2,18,21). The maximum absolute atomic E-state index is 11.6. The van der Waals surface area contributed by atoms with Crippen LogP contribution in [0.4, 0.5) is 0 Å². The van der Waals surface area contributed by atoms with Crippen molar-refractivity contribution >= 4 is 27.5 Å². The van der Waals surface area contributed by atoms with Crippen molar-refractivity contribution in [1.82, 2.24) is 9.97 Å². The Morgan fingerprint density at radius 3 is 2.91 bits per heavy atom. The van der Waals surface area contributed by atoms with Gasteiger partial charge in [-0.15, -0.1) is 11.3 Å². The van der Waals surface area contributed by atoms with Gasteiger partial charge in [0.2, 0.25) is 5.88 Å². The van der Waals surface area contributed by atoms with E-state index in [1.165, 1.54) is 10.4 Å². The molecule has 0 aliphatic heterocycles. The summed E-state index contributed by atoms with van der Waals surface area (Å²) in [5.74, 6) is 1.08. The molecule has 0 saturated carbocycles. The molecule has 1 aliphatic rings. The average Bonchev–Trinajstić information content (AvgIpc) is 3.07. The van der Waals surface area contributed by atoms with Crippen LogP contribution in [-0.2, 0) is 12.8 Å². The number of para-hydroxylation sites is 1. The molecule has 4 rings (SSSR count). The predicted octanol–water partition coefficient (Wildman–Crippen LogP) is 3.38. The van der Waals surface area contributed by atoms with Crippen molar-refractivity contribution < 1.29 is 9.53 Å². The minimum absolute atomic E-state index is 0.351. The zero-order valence-corrected chi connectivity index (χ0v) is 13.4. The molecule has 0 unspecified atom stereocenters. The first-order valence-electron chi connectivity index (χ1n) is 7.49. The van der Waals surface area contributed by atoms with Crippen molar-refractivity contribution in [2.75, 3.05) is 0 Å². The Labute approximate surface area is 137 Å². The van der Waals surface area contributed by atoms with Gasteiger partial charge in [0, 0.05) is 4.88 Å². The van der Waals surface area contributed by atoms with Crippen LogP contribution in [0.5, 0.6) is 11.6 Å². The first-order valence-corrected chi connectivity index (χ1v) is 8.30. The first kappa shape index (κ1) is 14.1. The molecular formula is C17H15N3O2S. The molecular weight excluding hydrogens is 310 g/mol. The molecule has 0 fully saturated rings. The third-order valence-electron chi connectivity index (χ3n) is 4.00. The van der Waals surface area contributed by atoms with Gasteiger partial charge in [-0.3, -0.25) is 4.79 Å². The maximum Gasteiger partial charge on any atom is 0.252 e. The summed E-state index contributed by atoms with van der Waals surface area (Å²) < 4.78 is 6.00. The molecule has 0 atom stereocenters. The molecule has 0 bridgehead atoms. The van der Waals surface area contributed by atoms with Gasteiger partial charge in [0.25, 0.3) is 5.91 Å². The van der Waals surface area contributed by atoms with Crippen LogP contribution in [0, 0.1) is 6.92 Å². The van der Waals surface area contributed by atoms with E-state index in [9.17, 15) is 4.79 Å². The molecule has 2 N–H and O–H groups in total. The Balaban J connectivity index is 1.88. The van der Waals surface area contributed by atoms with Crippen molar-refractivity contribution in [2.45, 2.75) is 26.2 Å². The summed E-state index contributed by atoms with van der Waals surface area (Å²) in [4.78, 5) is 22.9. The van der Waals surface area contributed by atoms with Crippen molar-refractivity contribution in [3.8, 4) is 11.6 Å². The second kappa shape index (κ2) is 5.31. The number of aromatic nitrogens is 2. The number of aryl methyl sites for hydroxylation is 3. The highest BCUT2D eigenvalue weighted by Gasteiger charge is 2.23. The Bertz CT molecular complexity index is 933. The Morgan fingerprint density at radius 1 is 1.26 bits per heavy atom. The van der Waals surface area contributed by atoms with Gasteiger partial charge in [-0.25, -0.2) is 4.98 Å². The SMILES string of the molecule is Cc1nc(Oc2ccccc2C(N)=O)c2c3c(sc2n1)CCC3. The summed E-state index contributed by atoms with van der Waals surface area (Å²) in [6.45, 7) is 1.84. The number of nitrogens with zero attached hydrogens (tertiary/aromatic N) is 2. The van der Waals surface area contributed by atoms with Crippen LogP contribution in [-0.4, -0.2) is 15.9 Å². The maximum atomic E-state index is 11.6. The fourth-order valence-corrected chi connectivity index (χ4v) is 4.30. The largest absolute Gasteiger partial charge is 0.437 e. The van der Waals surface area contributed by atoms with Gasteiger partial charge in [-0.05, 0) is 43.9 Å². The number of ether oxygens (including phenoxy) is 1. The first-order chi connectivity index (χ1) is 11.1. The minimum Gasteiger partial charge on any atom is -0.437 e. The quantitative estimate of drug-likeness (QED) is 0.800. The zero-order valence-electron chi connectivity index (χ0n) is 12.6. The number of benzene rings is 1. The molecule has 6 heteroatoms. The normalized spacial score (nSPS) is 13.3. The number of amides is 1. The van der Waals surface area contributed by atoms with Gasteiger partial charge in [0.15, 0.2) is 0 Å². The smallest absolute Gasteiger partial charge is 0.252 e. The lowest BCUT2D eigenvalue weighted by atomic mass is 10.2. The van der Waals surface area contributed by atoms with Gasteiger partial charge >= 0.3 is 0 Å². The third-order valence-corrected chi connectivity index (χ3v) is 5.19. The molecule has 0 radical (unpaired) electrons. The van der Waals surface area contributed by atoms with E-state index < -0.39 is 5.91 Å². The summed E-state index contributed by atoms with van der Waals surface area (Å²) in [6.07, 6.45) is 3.27. The highest BCUT2D eigenvalue weighted by atomic mass is 32.1. The van der Waals surface area contributed by atoms with Crippen molar-refractivity contribution in [1.29, 1.82) is 0 Å². The lowest BCUT2D eigenvalue weighted by molar-refractivity contribution is 0.0998. The van der Waals surface area contributed by atoms with Crippen LogP contribution in [0.1, 0.15) is 33.0 Å². The van der Waals surface area contributed by atoms with Crippen molar-refractivity contribution in [2.24, 2.45) is 5.73 Å². The molecule has 5 nitrogen and oxygen atoms in total. The molecule has 3 aromatic rings. The summed E-state index contributed by atoms with van der Waals surface area (Å²) in [5, 5.41) is 0.979. The number of nitrogens with two attached hydrogens (primary N) is 1. The van der Waals surface area contributed by atoms with E-state index in [1.54, 1.807) is 29.5 Å². The van der Waals surface area contributed by atoms with E-state index in [-0.39, 0.29) is 0 Å². The molecule has 0 spiro atoms. The van der Waals surface area contributed by atoms with E-state index in [2.05, 4.69) is 9.97 Å². The van der Waals surface area contributed by atoms with E-state index in [4.69, 9.17) is 10.5 Å². The van der Waals surface area contributed by atoms with Gasteiger partial charge < -0.3 is 10.5 Å². The van der Waals surface area contributed by atoms with Crippen LogP contribution in [0.25, 0.3) is 10.2 Å². The van der Waals surface area contributed by atoms with Gasteiger partial charge in [-0.1, -0.05) is 12.1 Å². The molecule has 2 aromatic heterocycles. The number of rotatable bonds is 3. The minimum atomic E-state index is -0.516. The van der Waals surface area contributed by atoms with Crippen molar-refractivity contribution in [3.63, 3.8) is 0 Å². The lowest BCUT2D eigenvalue weighted by Gasteiger charge is -2.10. The monoisotopic (exact) mass is 325 g/mol. The number of thiophene rings is 1. The number of hydrogen-bond donors (Lipinski definition) is 1. The molecule has 23 heavy (non-hydrogen) atoms. The van der Waals surface area contributed by atoms with E-state index in [1.807, 2.05) is 13.0 Å². The Kier molecular flexibility index (Phi) is 3.27. The van der Waals surface area contributed by atoms with E-state index in [0.717, 1.165) is 29.5 Å². The van der Waals surface area contributed by atoms with Crippen LogP contribution < -0.4 is 10.5 Å². The second-order valence-corrected chi connectivity index (χ2v) is 6.66. The van der Waals surface area contributed by atoms with Crippen LogP contribution in [0.15, 0.2) is 24.3 Å². The van der Waals surface area contributed by atoms with E-state index in [0.29, 0.717) is 23.0 Å². The number of primary amides is 1. The number of carbonyl (C=O) groups is 1. The van der Waals surface area contributed by atoms with E-state index >= 15 is 0 Å². The molecule has 116 valence electrons. The molecule has 2 heterocycles. The van der Waals surface area contributed by atoms with Gasteiger partial charge in [0.05, 0.1) is 10.9 Å². The van der Waals surface area contributed by atoms with Crippen LogP contribution >= 0.6 is 11.3 Å². The summed E-state index contributed by atoms with van der Waals surface area (Å²) in [6, 6.07) is 6.96. The van der Waals surface area contributed by atoms with Crippen molar-refractivity contribution in [3.05, 3.63) is 46.1 Å². The average molecular weight is 325 g/mol.